The first-order chi connectivity index (χ1) is 13.3. The molecule has 0 bridgehead atoms. The molecule has 13 heteroatoms. The molecule has 0 fully saturated rings. The third kappa shape index (κ3) is 4.09. The standard InChI is InChI=1S/C15H14N8O4S/c1-8-9(2)28-15(18-8)19-13-12(23(26)27)14(17-7-16-13)21-20-10-3-5-11(6-4-10)22(24)25/h3-7,20H,1-2H3,(H2,16,17,18,19,21). The van der Waals surface area contributed by atoms with Gasteiger partial charge in [-0.05, 0) is 26.0 Å². The Kier molecular flexibility index (Phi) is 5.26. The molecule has 12 nitrogen and oxygen atoms in total. The second kappa shape index (κ2) is 7.79. The highest BCUT2D eigenvalue weighted by Crippen LogP contribution is 2.33. The first-order valence-corrected chi connectivity index (χ1v) is 8.63. The van der Waals surface area contributed by atoms with E-state index in [-0.39, 0.29) is 23.0 Å². The fourth-order valence-electron chi connectivity index (χ4n) is 2.16. The van der Waals surface area contributed by atoms with Crippen LogP contribution in [0, 0.1) is 34.1 Å². The molecule has 3 N–H and O–H groups in total. The van der Waals surface area contributed by atoms with Crippen LogP contribution in [0.2, 0.25) is 0 Å². The van der Waals surface area contributed by atoms with Gasteiger partial charge in [0.25, 0.3) is 5.69 Å². The number of thiazole rings is 1. The van der Waals surface area contributed by atoms with Crippen molar-refractivity contribution in [2.24, 2.45) is 0 Å². The van der Waals surface area contributed by atoms with Crippen LogP contribution in [-0.2, 0) is 0 Å². The monoisotopic (exact) mass is 402 g/mol. The van der Waals surface area contributed by atoms with Crippen molar-refractivity contribution in [2.45, 2.75) is 13.8 Å². The van der Waals surface area contributed by atoms with E-state index in [2.05, 4.69) is 31.1 Å². The molecule has 3 aromatic rings. The maximum atomic E-state index is 11.6. The van der Waals surface area contributed by atoms with Gasteiger partial charge in [0.2, 0.25) is 11.6 Å². The molecule has 2 heterocycles. The van der Waals surface area contributed by atoms with E-state index in [1.807, 2.05) is 13.8 Å². The second-order valence-corrected chi connectivity index (χ2v) is 6.72. The van der Waals surface area contributed by atoms with Gasteiger partial charge in [0, 0.05) is 17.0 Å². The van der Waals surface area contributed by atoms with Crippen LogP contribution in [0.4, 0.5) is 33.8 Å². The molecule has 0 spiro atoms. The lowest BCUT2D eigenvalue weighted by atomic mass is 10.3. The number of non-ortho nitro benzene ring substituents is 1. The summed E-state index contributed by atoms with van der Waals surface area (Å²) in [6.07, 6.45) is 1.17. The summed E-state index contributed by atoms with van der Waals surface area (Å²) in [5.41, 5.74) is 6.19. The summed E-state index contributed by atoms with van der Waals surface area (Å²) in [6, 6.07) is 5.52. The van der Waals surface area contributed by atoms with E-state index in [1.54, 1.807) is 0 Å². The molecule has 0 atom stereocenters. The molecule has 2 aromatic heterocycles. The number of aryl methyl sites for hydroxylation is 2. The highest BCUT2D eigenvalue weighted by Gasteiger charge is 2.24. The highest BCUT2D eigenvalue weighted by atomic mass is 32.1. The van der Waals surface area contributed by atoms with Gasteiger partial charge in [-0.2, -0.15) is 0 Å². The largest absolute Gasteiger partial charge is 0.355 e. The Morgan fingerprint density at radius 2 is 1.64 bits per heavy atom. The number of benzene rings is 1. The number of nitrogens with zero attached hydrogens (tertiary/aromatic N) is 5. The van der Waals surface area contributed by atoms with Crippen molar-refractivity contribution < 1.29 is 9.85 Å². The lowest BCUT2D eigenvalue weighted by Crippen LogP contribution is -2.13. The number of rotatable bonds is 7. The van der Waals surface area contributed by atoms with Crippen LogP contribution in [0.15, 0.2) is 30.6 Å². The second-order valence-electron chi connectivity index (χ2n) is 5.52. The first-order valence-electron chi connectivity index (χ1n) is 7.82. The van der Waals surface area contributed by atoms with E-state index in [0.717, 1.165) is 10.6 Å². The average molecular weight is 402 g/mol. The highest BCUT2D eigenvalue weighted by molar-refractivity contribution is 7.15. The third-order valence-corrected chi connectivity index (χ3v) is 4.65. The van der Waals surface area contributed by atoms with Gasteiger partial charge in [-0.25, -0.2) is 15.0 Å². The zero-order valence-electron chi connectivity index (χ0n) is 14.7. The van der Waals surface area contributed by atoms with Gasteiger partial charge in [-0.3, -0.25) is 31.1 Å². The molecule has 0 aliphatic heterocycles. The van der Waals surface area contributed by atoms with Gasteiger partial charge < -0.3 is 5.32 Å². The Labute approximate surface area is 162 Å². The summed E-state index contributed by atoms with van der Waals surface area (Å²) >= 11 is 1.35. The van der Waals surface area contributed by atoms with Crippen LogP contribution in [-0.4, -0.2) is 24.8 Å². The number of nitro benzene ring substituents is 1. The zero-order valence-corrected chi connectivity index (χ0v) is 15.5. The van der Waals surface area contributed by atoms with Crippen molar-refractivity contribution in [2.75, 3.05) is 16.2 Å². The minimum absolute atomic E-state index is 0.0123. The van der Waals surface area contributed by atoms with Crippen LogP contribution in [0.25, 0.3) is 0 Å². The topological polar surface area (TPSA) is 161 Å². The van der Waals surface area contributed by atoms with Gasteiger partial charge in [0.05, 0.1) is 21.2 Å². The van der Waals surface area contributed by atoms with Gasteiger partial charge >= 0.3 is 5.69 Å². The van der Waals surface area contributed by atoms with Crippen LogP contribution in [0.5, 0.6) is 0 Å². The van der Waals surface area contributed by atoms with Crippen molar-refractivity contribution in [3.63, 3.8) is 0 Å². The van der Waals surface area contributed by atoms with Crippen LogP contribution in [0.3, 0.4) is 0 Å². The molecule has 1 aromatic carbocycles. The lowest BCUT2D eigenvalue weighted by molar-refractivity contribution is -0.384. The summed E-state index contributed by atoms with van der Waals surface area (Å²) in [5, 5.41) is 25.6. The fraction of sp³-hybridized carbons (Fsp3) is 0.133. The van der Waals surface area contributed by atoms with Crippen molar-refractivity contribution in [3.8, 4) is 0 Å². The molecule has 144 valence electrons. The van der Waals surface area contributed by atoms with Crippen molar-refractivity contribution in [3.05, 3.63) is 61.4 Å². The molecular formula is C15H14N8O4S. The molecule has 0 amide bonds. The number of nitrogens with one attached hydrogen (secondary N) is 3. The summed E-state index contributed by atoms with van der Waals surface area (Å²) in [5.74, 6) is -0.0902. The summed E-state index contributed by atoms with van der Waals surface area (Å²) < 4.78 is 0. The molecule has 0 aliphatic carbocycles. The number of hydrogen-bond acceptors (Lipinski definition) is 11. The van der Waals surface area contributed by atoms with Crippen LogP contribution >= 0.6 is 11.3 Å². The Morgan fingerprint density at radius 3 is 2.21 bits per heavy atom. The SMILES string of the molecule is Cc1nc(Nc2ncnc(NNc3ccc([N+](=O)[O-])cc3)c2[N+](=O)[O-])sc1C. The Balaban J connectivity index is 1.82. The van der Waals surface area contributed by atoms with Crippen LogP contribution in [0.1, 0.15) is 10.6 Å². The molecular weight excluding hydrogens is 388 g/mol. The van der Waals surface area contributed by atoms with E-state index >= 15 is 0 Å². The minimum Gasteiger partial charge on any atom is -0.310 e. The average Bonchev–Trinajstić information content (AvgIpc) is 2.97. The minimum atomic E-state index is -0.616. The third-order valence-electron chi connectivity index (χ3n) is 3.66. The molecule has 0 radical (unpaired) electrons. The number of anilines is 4. The number of hydrazine groups is 1. The molecule has 28 heavy (non-hydrogen) atoms. The normalized spacial score (nSPS) is 10.4. The van der Waals surface area contributed by atoms with Crippen molar-refractivity contribution >= 4 is 45.2 Å². The fourth-order valence-corrected chi connectivity index (χ4v) is 2.97. The summed E-state index contributed by atoms with van der Waals surface area (Å²) in [4.78, 5) is 34.2. The predicted molar refractivity (Wildman–Crippen MR) is 104 cm³/mol. The molecule has 3 rings (SSSR count). The smallest absolute Gasteiger partial charge is 0.310 e. The van der Waals surface area contributed by atoms with Gasteiger partial charge in [-0.1, -0.05) is 0 Å². The zero-order chi connectivity index (χ0) is 20.3. The first kappa shape index (κ1) is 18.9. The lowest BCUT2D eigenvalue weighted by Gasteiger charge is -2.10. The van der Waals surface area contributed by atoms with Crippen LogP contribution < -0.4 is 16.2 Å². The van der Waals surface area contributed by atoms with E-state index in [9.17, 15) is 20.2 Å². The molecule has 0 unspecified atom stereocenters. The molecule has 0 saturated heterocycles. The Bertz CT molecular complexity index is 1020. The van der Waals surface area contributed by atoms with Gasteiger partial charge in [-0.15, -0.1) is 11.3 Å². The van der Waals surface area contributed by atoms with E-state index in [4.69, 9.17) is 0 Å². The van der Waals surface area contributed by atoms with Gasteiger partial charge in [0.15, 0.2) is 5.13 Å². The number of hydrogen-bond donors (Lipinski definition) is 3. The van der Waals surface area contributed by atoms with E-state index in [1.165, 1.54) is 41.9 Å². The van der Waals surface area contributed by atoms with Crippen molar-refractivity contribution in [1.29, 1.82) is 0 Å². The molecule has 0 saturated carbocycles. The number of nitro groups is 2. The Morgan fingerprint density at radius 1 is 0.964 bits per heavy atom. The van der Waals surface area contributed by atoms with E-state index < -0.39 is 9.85 Å². The van der Waals surface area contributed by atoms with E-state index in [0.29, 0.717) is 10.8 Å². The predicted octanol–water partition coefficient (Wildman–Crippen LogP) is 3.55. The maximum Gasteiger partial charge on any atom is 0.355 e. The quantitative estimate of drug-likeness (QED) is 0.393. The van der Waals surface area contributed by atoms with Gasteiger partial charge in [0.1, 0.15) is 6.33 Å². The maximum absolute atomic E-state index is 11.6. The Hall–Kier alpha value is -3.87. The summed E-state index contributed by atoms with van der Waals surface area (Å²) in [7, 11) is 0. The number of aromatic nitrogens is 3. The molecule has 0 aliphatic rings. The summed E-state index contributed by atoms with van der Waals surface area (Å²) in [6.45, 7) is 3.74. The van der Waals surface area contributed by atoms with Crippen molar-refractivity contribution in [1.82, 2.24) is 15.0 Å².